The molecular formula is C15H25NO. The predicted octanol–water partition coefficient (Wildman–Crippen LogP) is 2.62. The van der Waals surface area contributed by atoms with Crippen molar-refractivity contribution in [3.05, 3.63) is 35.9 Å². The van der Waals surface area contributed by atoms with E-state index in [2.05, 4.69) is 31.3 Å². The van der Waals surface area contributed by atoms with Crippen LogP contribution in [0.4, 0.5) is 0 Å². The van der Waals surface area contributed by atoms with Crippen molar-refractivity contribution in [1.29, 1.82) is 0 Å². The molecule has 0 bridgehead atoms. The maximum atomic E-state index is 9.88. The van der Waals surface area contributed by atoms with E-state index in [1.807, 2.05) is 18.2 Å². The zero-order valence-corrected chi connectivity index (χ0v) is 11.0. The van der Waals surface area contributed by atoms with Crippen molar-refractivity contribution in [2.24, 2.45) is 5.92 Å². The van der Waals surface area contributed by atoms with Crippen molar-refractivity contribution in [2.75, 3.05) is 13.1 Å². The molecule has 17 heavy (non-hydrogen) atoms. The SMILES string of the molecule is CCCC(C)CNCC(O)Cc1ccccc1. The van der Waals surface area contributed by atoms with Gasteiger partial charge in [-0.15, -0.1) is 0 Å². The molecule has 0 saturated heterocycles. The van der Waals surface area contributed by atoms with Gasteiger partial charge >= 0.3 is 0 Å². The molecule has 0 fully saturated rings. The summed E-state index contributed by atoms with van der Waals surface area (Å²) in [6.07, 6.45) is 2.93. The Labute approximate surface area is 105 Å². The van der Waals surface area contributed by atoms with E-state index in [0.717, 1.165) is 13.0 Å². The van der Waals surface area contributed by atoms with Crippen LogP contribution >= 0.6 is 0 Å². The van der Waals surface area contributed by atoms with Crippen LogP contribution in [0.5, 0.6) is 0 Å². The van der Waals surface area contributed by atoms with Crippen LogP contribution in [-0.4, -0.2) is 24.3 Å². The number of aliphatic hydroxyl groups is 1. The molecular weight excluding hydrogens is 210 g/mol. The van der Waals surface area contributed by atoms with E-state index in [1.54, 1.807) is 0 Å². The van der Waals surface area contributed by atoms with Crippen molar-refractivity contribution in [3.8, 4) is 0 Å². The van der Waals surface area contributed by atoms with Gasteiger partial charge in [0, 0.05) is 6.54 Å². The van der Waals surface area contributed by atoms with Crippen molar-refractivity contribution in [2.45, 2.75) is 39.2 Å². The summed E-state index contributed by atoms with van der Waals surface area (Å²) >= 11 is 0. The summed E-state index contributed by atoms with van der Waals surface area (Å²) in [5.74, 6) is 0.698. The van der Waals surface area contributed by atoms with Gasteiger partial charge in [0.25, 0.3) is 0 Å². The molecule has 1 aromatic carbocycles. The van der Waals surface area contributed by atoms with Gasteiger partial charge in [-0.25, -0.2) is 0 Å². The van der Waals surface area contributed by atoms with Crippen LogP contribution in [0, 0.1) is 5.92 Å². The molecule has 0 aliphatic rings. The standard InChI is InChI=1S/C15H25NO/c1-3-7-13(2)11-16-12-15(17)10-14-8-5-4-6-9-14/h4-6,8-9,13,15-17H,3,7,10-12H2,1-2H3. The molecule has 0 aliphatic heterocycles. The lowest BCUT2D eigenvalue weighted by Crippen LogP contribution is -2.31. The number of rotatable bonds is 8. The lowest BCUT2D eigenvalue weighted by Gasteiger charge is -2.15. The first-order valence-electron chi connectivity index (χ1n) is 6.65. The first-order chi connectivity index (χ1) is 8.22. The fraction of sp³-hybridized carbons (Fsp3) is 0.600. The Hall–Kier alpha value is -0.860. The Morgan fingerprint density at radius 1 is 1.18 bits per heavy atom. The van der Waals surface area contributed by atoms with Crippen LogP contribution in [-0.2, 0) is 6.42 Å². The molecule has 96 valence electrons. The summed E-state index contributed by atoms with van der Waals surface area (Å²) in [6.45, 7) is 6.14. The van der Waals surface area contributed by atoms with E-state index >= 15 is 0 Å². The highest BCUT2D eigenvalue weighted by molar-refractivity contribution is 5.15. The Morgan fingerprint density at radius 3 is 2.53 bits per heavy atom. The Morgan fingerprint density at radius 2 is 1.88 bits per heavy atom. The van der Waals surface area contributed by atoms with E-state index in [0.29, 0.717) is 12.5 Å². The molecule has 2 nitrogen and oxygen atoms in total. The van der Waals surface area contributed by atoms with Crippen molar-refractivity contribution >= 4 is 0 Å². The second kappa shape index (κ2) is 8.26. The lowest BCUT2D eigenvalue weighted by molar-refractivity contribution is 0.170. The Bertz CT molecular complexity index is 286. The summed E-state index contributed by atoms with van der Waals surface area (Å²) < 4.78 is 0. The van der Waals surface area contributed by atoms with Crippen molar-refractivity contribution < 1.29 is 5.11 Å². The molecule has 0 saturated carbocycles. The van der Waals surface area contributed by atoms with Crippen LogP contribution in [0.1, 0.15) is 32.3 Å². The molecule has 0 spiro atoms. The maximum Gasteiger partial charge on any atom is 0.0704 e. The molecule has 1 rings (SSSR count). The van der Waals surface area contributed by atoms with Crippen LogP contribution in [0.3, 0.4) is 0 Å². The highest BCUT2D eigenvalue weighted by Crippen LogP contribution is 2.04. The predicted molar refractivity (Wildman–Crippen MR) is 73.1 cm³/mol. The number of hydrogen-bond donors (Lipinski definition) is 2. The van der Waals surface area contributed by atoms with E-state index in [1.165, 1.54) is 18.4 Å². The molecule has 0 heterocycles. The number of hydrogen-bond acceptors (Lipinski definition) is 2. The third-order valence-electron chi connectivity index (χ3n) is 2.97. The van der Waals surface area contributed by atoms with Crippen molar-refractivity contribution in [1.82, 2.24) is 5.32 Å². The monoisotopic (exact) mass is 235 g/mol. The number of aliphatic hydroxyl groups excluding tert-OH is 1. The summed E-state index contributed by atoms with van der Waals surface area (Å²) in [7, 11) is 0. The zero-order valence-electron chi connectivity index (χ0n) is 11.0. The average molecular weight is 235 g/mol. The first-order valence-corrected chi connectivity index (χ1v) is 6.65. The molecule has 0 aliphatic carbocycles. The van der Waals surface area contributed by atoms with Gasteiger partial charge in [-0.3, -0.25) is 0 Å². The van der Waals surface area contributed by atoms with Crippen LogP contribution < -0.4 is 5.32 Å². The third-order valence-corrected chi connectivity index (χ3v) is 2.97. The fourth-order valence-electron chi connectivity index (χ4n) is 2.05. The van der Waals surface area contributed by atoms with Crippen molar-refractivity contribution in [3.63, 3.8) is 0 Å². The molecule has 0 amide bonds. The van der Waals surface area contributed by atoms with Gasteiger partial charge in [-0.2, -0.15) is 0 Å². The average Bonchev–Trinajstić information content (AvgIpc) is 2.30. The third kappa shape index (κ3) is 6.44. The van der Waals surface area contributed by atoms with Gasteiger partial charge in [0.1, 0.15) is 0 Å². The minimum Gasteiger partial charge on any atom is -0.391 e. The second-order valence-electron chi connectivity index (χ2n) is 4.90. The summed E-state index contributed by atoms with van der Waals surface area (Å²) in [5, 5.41) is 13.2. The minimum atomic E-state index is -0.286. The smallest absolute Gasteiger partial charge is 0.0704 e. The van der Waals surface area contributed by atoms with E-state index in [9.17, 15) is 5.11 Å². The number of benzene rings is 1. The molecule has 0 radical (unpaired) electrons. The van der Waals surface area contributed by atoms with E-state index < -0.39 is 0 Å². The summed E-state index contributed by atoms with van der Waals surface area (Å²) in [4.78, 5) is 0. The summed E-state index contributed by atoms with van der Waals surface area (Å²) in [5.41, 5.74) is 1.20. The Kier molecular flexibility index (Phi) is 6.90. The highest BCUT2D eigenvalue weighted by Gasteiger charge is 2.06. The molecule has 2 N–H and O–H groups in total. The summed E-state index contributed by atoms with van der Waals surface area (Å²) in [6, 6.07) is 10.1. The minimum absolute atomic E-state index is 0.286. The highest BCUT2D eigenvalue weighted by atomic mass is 16.3. The fourth-order valence-corrected chi connectivity index (χ4v) is 2.05. The van der Waals surface area contributed by atoms with E-state index in [-0.39, 0.29) is 6.10 Å². The van der Waals surface area contributed by atoms with Gasteiger partial charge in [-0.05, 0) is 30.9 Å². The molecule has 2 atom stereocenters. The quantitative estimate of drug-likeness (QED) is 0.726. The molecule has 2 unspecified atom stereocenters. The van der Waals surface area contributed by atoms with E-state index in [4.69, 9.17) is 0 Å². The van der Waals surface area contributed by atoms with Crippen LogP contribution in [0.25, 0.3) is 0 Å². The lowest BCUT2D eigenvalue weighted by atomic mass is 10.1. The Balaban J connectivity index is 2.15. The zero-order chi connectivity index (χ0) is 12.5. The van der Waals surface area contributed by atoms with Gasteiger partial charge in [0.05, 0.1) is 6.10 Å². The van der Waals surface area contributed by atoms with Crippen LogP contribution in [0.15, 0.2) is 30.3 Å². The topological polar surface area (TPSA) is 32.3 Å². The van der Waals surface area contributed by atoms with Gasteiger partial charge in [0.15, 0.2) is 0 Å². The van der Waals surface area contributed by atoms with Gasteiger partial charge < -0.3 is 10.4 Å². The largest absolute Gasteiger partial charge is 0.391 e. The van der Waals surface area contributed by atoms with Gasteiger partial charge in [-0.1, -0.05) is 50.6 Å². The molecule has 0 aromatic heterocycles. The number of nitrogens with one attached hydrogen (secondary N) is 1. The normalized spacial score (nSPS) is 14.5. The van der Waals surface area contributed by atoms with Gasteiger partial charge in [0.2, 0.25) is 0 Å². The molecule has 2 heteroatoms. The molecule has 1 aromatic rings. The first kappa shape index (κ1) is 14.2. The maximum absolute atomic E-state index is 9.88. The van der Waals surface area contributed by atoms with Crippen LogP contribution in [0.2, 0.25) is 0 Å². The second-order valence-corrected chi connectivity index (χ2v) is 4.90.